The maximum absolute atomic E-state index is 14.0. The van der Waals surface area contributed by atoms with Crippen LogP contribution in [0.3, 0.4) is 0 Å². The van der Waals surface area contributed by atoms with Crippen LogP contribution in [0.2, 0.25) is 0 Å². The van der Waals surface area contributed by atoms with Crippen LogP contribution in [0.1, 0.15) is 71.9 Å². The lowest BCUT2D eigenvalue weighted by molar-refractivity contribution is -0.145. The predicted octanol–water partition coefficient (Wildman–Crippen LogP) is 5.31. The number of hydrogen-bond donors (Lipinski definition) is 0. The number of benzene rings is 3. The molecule has 6 heteroatoms. The third-order valence-corrected chi connectivity index (χ3v) is 9.27. The van der Waals surface area contributed by atoms with Crippen molar-refractivity contribution in [3.05, 3.63) is 94.0 Å². The molecule has 4 aliphatic rings. The first-order valence-electron chi connectivity index (χ1n) is 12.2. The van der Waals surface area contributed by atoms with Crippen molar-refractivity contribution >= 4 is 16.1 Å². The Morgan fingerprint density at radius 3 is 1.97 bits per heavy atom. The van der Waals surface area contributed by atoms with Gasteiger partial charge in [0.15, 0.2) is 0 Å². The molecular weight excluding hydrogens is 460 g/mol. The molecule has 35 heavy (non-hydrogen) atoms. The average Bonchev–Trinajstić information content (AvgIpc) is 2.83. The van der Waals surface area contributed by atoms with Gasteiger partial charge in [-0.25, -0.2) is 8.42 Å². The third-order valence-electron chi connectivity index (χ3n) is 8.35. The second kappa shape index (κ2) is 7.77. The molecule has 0 saturated carbocycles. The maximum atomic E-state index is 14.0. The quantitative estimate of drug-likeness (QED) is 0.284. The molecule has 3 aromatic carbocycles. The number of ether oxygens (including phenoxy) is 1. The van der Waals surface area contributed by atoms with Crippen LogP contribution in [0.5, 0.6) is 5.75 Å². The smallest absolute Gasteiger partial charge is 0.315 e. The highest BCUT2D eigenvalue weighted by Crippen LogP contribution is 2.63. The topological polar surface area (TPSA) is 83.5 Å². The van der Waals surface area contributed by atoms with Gasteiger partial charge in [-0.2, -0.15) is 0 Å². The summed E-state index contributed by atoms with van der Waals surface area (Å²) in [6.07, 6.45) is 2.76. The van der Waals surface area contributed by atoms with E-state index in [0.717, 1.165) is 12.8 Å². The van der Waals surface area contributed by atoms with Crippen LogP contribution >= 0.6 is 0 Å². The van der Waals surface area contributed by atoms with Crippen LogP contribution in [-0.4, -0.2) is 18.9 Å². The highest BCUT2D eigenvalue weighted by atomic mass is 32.2. The monoisotopic (exact) mass is 487 g/mol. The molecule has 7 rings (SSSR count). The van der Waals surface area contributed by atoms with Crippen LogP contribution in [-0.2, 0) is 27.8 Å². The minimum Gasteiger partial charge on any atom is -0.744 e. The van der Waals surface area contributed by atoms with Crippen LogP contribution in [0.25, 0.3) is 0 Å². The van der Waals surface area contributed by atoms with Crippen molar-refractivity contribution in [2.24, 2.45) is 11.3 Å². The van der Waals surface area contributed by atoms with Gasteiger partial charge in [-0.05, 0) is 76.6 Å². The van der Waals surface area contributed by atoms with E-state index >= 15 is 0 Å². The number of fused-ring (bicyclic) bond motifs is 2. The Morgan fingerprint density at radius 1 is 0.857 bits per heavy atom. The SMILES string of the molecule is CC1(C)C2c3ccccc3C(c3ccccc32)C1C(=O)Oc1ccc(S(=O)(=O)[O-])c2c1CCCC2. The van der Waals surface area contributed by atoms with Crippen molar-refractivity contribution in [3.63, 3.8) is 0 Å². The minimum atomic E-state index is -4.59. The fourth-order valence-corrected chi connectivity index (χ4v) is 7.72. The van der Waals surface area contributed by atoms with E-state index in [1.807, 2.05) is 12.1 Å². The van der Waals surface area contributed by atoms with E-state index in [1.54, 1.807) is 0 Å². The summed E-state index contributed by atoms with van der Waals surface area (Å²) in [5, 5.41) is 0. The molecule has 0 radical (unpaired) electrons. The van der Waals surface area contributed by atoms with E-state index in [-0.39, 0.29) is 28.1 Å². The van der Waals surface area contributed by atoms with E-state index in [2.05, 4.69) is 50.2 Å². The third kappa shape index (κ3) is 3.30. The summed E-state index contributed by atoms with van der Waals surface area (Å²) < 4.78 is 41.6. The molecule has 0 aliphatic heterocycles. The van der Waals surface area contributed by atoms with Gasteiger partial charge >= 0.3 is 5.97 Å². The molecule has 4 aliphatic carbocycles. The van der Waals surface area contributed by atoms with Crippen LogP contribution in [0.4, 0.5) is 0 Å². The molecule has 0 amide bonds. The summed E-state index contributed by atoms with van der Waals surface area (Å²) in [4.78, 5) is 13.8. The molecular formula is C29H27O5S-. The first-order chi connectivity index (χ1) is 16.7. The Kier molecular flexibility index (Phi) is 5.00. The van der Waals surface area contributed by atoms with Crippen molar-refractivity contribution < 1.29 is 22.5 Å². The zero-order valence-electron chi connectivity index (χ0n) is 19.8. The largest absolute Gasteiger partial charge is 0.744 e. The normalized spacial score (nSPS) is 23.7. The lowest BCUT2D eigenvalue weighted by Crippen LogP contribution is -2.50. The Bertz CT molecular complexity index is 1420. The van der Waals surface area contributed by atoms with Gasteiger partial charge in [0.05, 0.1) is 10.8 Å². The molecule has 0 fully saturated rings. The highest BCUT2D eigenvalue weighted by molar-refractivity contribution is 7.85. The van der Waals surface area contributed by atoms with Gasteiger partial charge in [-0.3, -0.25) is 4.79 Å². The Morgan fingerprint density at radius 2 is 1.40 bits per heavy atom. The molecule has 0 aromatic heterocycles. The van der Waals surface area contributed by atoms with Crippen molar-refractivity contribution in [3.8, 4) is 5.75 Å². The van der Waals surface area contributed by atoms with Crippen LogP contribution in [0.15, 0.2) is 65.6 Å². The molecule has 5 nitrogen and oxygen atoms in total. The van der Waals surface area contributed by atoms with Crippen molar-refractivity contribution in [2.75, 3.05) is 0 Å². The number of hydrogen-bond acceptors (Lipinski definition) is 5. The lowest BCUT2D eigenvalue weighted by Gasteiger charge is -2.54. The number of esters is 1. The summed E-state index contributed by atoms with van der Waals surface area (Å²) in [6, 6.07) is 19.5. The summed E-state index contributed by atoms with van der Waals surface area (Å²) in [5.74, 6) is -0.374. The predicted molar refractivity (Wildman–Crippen MR) is 131 cm³/mol. The zero-order chi connectivity index (χ0) is 24.5. The zero-order valence-corrected chi connectivity index (χ0v) is 20.6. The fraction of sp³-hybridized carbons (Fsp3) is 0.345. The van der Waals surface area contributed by atoms with E-state index in [0.29, 0.717) is 29.7 Å². The van der Waals surface area contributed by atoms with E-state index in [1.165, 1.54) is 34.4 Å². The van der Waals surface area contributed by atoms with Crippen molar-refractivity contribution in [2.45, 2.75) is 56.3 Å². The summed E-state index contributed by atoms with van der Waals surface area (Å²) in [6.45, 7) is 4.29. The molecule has 0 heterocycles. The molecule has 0 spiro atoms. The highest BCUT2D eigenvalue weighted by Gasteiger charge is 2.57. The van der Waals surface area contributed by atoms with E-state index in [9.17, 15) is 17.8 Å². The Balaban J connectivity index is 1.45. The van der Waals surface area contributed by atoms with Gasteiger partial charge < -0.3 is 9.29 Å². The van der Waals surface area contributed by atoms with Gasteiger partial charge in [-0.1, -0.05) is 62.4 Å². The summed E-state index contributed by atoms with van der Waals surface area (Å²) in [5.41, 5.74) is 5.70. The first kappa shape index (κ1) is 22.5. The van der Waals surface area contributed by atoms with Crippen molar-refractivity contribution in [1.82, 2.24) is 0 Å². The molecule has 3 aromatic rings. The van der Waals surface area contributed by atoms with Gasteiger partial charge in [-0.15, -0.1) is 0 Å². The van der Waals surface area contributed by atoms with Crippen LogP contribution < -0.4 is 4.74 Å². The molecule has 180 valence electrons. The number of carbonyl (C=O) groups excluding carboxylic acids is 1. The molecule has 0 N–H and O–H groups in total. The maximum Gasteiger partial charge on any atom is 0.315 e. The second-order valence-electron chi connectivity index (χ2n) is 10.6. The molecule has 1 unspecified atom stereocenters. The van der Waals surface area contributed by atoms with E-state index < -0.39 is 16.0 Å². The summed E-state index contributed by atoms with van der Waals surface area (Å²) in [7, 11) is -4.59. The van der Waals surface area contributed by atoms with E-state index in [4.69, 9.17) is 4.74 Å². The number of rotatable bonds is 3. The number of carbonyl (C=O) groups is 1. The Labute approximate surface area is 205 Å². The molecule has 1 atom stereocenters. The van der Waals surface area contributed by atoms with Gasteiger partial charge in [0, 0.05) is 11.8 Å². The second-order valence-corrected chi connectivity index (χ2v) is 11.9. The first-order valence-corrected chi connectivity index (χ1v) is 13.6. The van der Waals surface area contributed by atoms with Gasteiger partial charge in [0.25, 0.3) is 0 Å². The van der Waals surface area contributed by atoms with Crippen molar-refractivity contribution in [1.29, 1.82) is 0 Å². The minimum absolute atomic E-state index is 0.0688. The Hall–Kier alpha value is -2.96. The average molecular weight is 488 g/mol. The standard InChI is InChI=1S/C29H28O5S/c1-29(2)26-21-13-7-5-11-19(21)25(20-12-6-8-14-22(20)26)27(29)28(30)34-23-15-16-24(35(31,32)33)18-10-4-3-9-17(18)23/h5-8,11-16,25-27H,3-4,9-10H2,1-2H3,(H,31,32,33)/p-1. The molecule has 0 saturated heterocycles. The lowest BCUT2D eigenvalue weighted by atomic mass is 9.48. The summed E-state index contributed by atoms with van der Waals surface area (Å²) >= 11 is 0. The van der Waals surface area contributed by atoms with Gasteiger partial charge in [0.1, 0.15) is 15.9 Å². The fourth-order valence-electron chi connectivity index (χ4n) is 6.96. The molecule has 2 bridgehead atoms. The van der Waals surface area contributed by atoms with Crippen LogP contribution in [0, 0.1) is 11.3 Å². The van der Waals surface area contributed by atoms with Gasteiger partial charge in [0.2, 0.25) is 0 Å².